The lowest BCUT2D eigenvalue weighted by Crippen LogP contribution is -2.28. The highest BCUT2D eigenvalue weighted by Gasteiger charge is 2.47. The molecule has 7 heteroatoms. The first-order valence-corrected chi connectivity index (χ1v) is 25.0. The third-order valence-corrected chi connectivity index (χ3v) is 16.1. The van der Waals surface area contributed by atoms with E-state index in [1.54, 1.807) is 62.8 Å². The summed E-state index contributed by atoms with van der Waals surface area (Å²) in [5.74, 6) is 3.89. The Morgan fingerprint density at radius 3 is 0.761 bits per heavy atom. The SMILES string of the molecule is COc1ccc(C2(c3ccc(Oc4ccc(S(=O)(=O)c5ccc(Oc6ccc(C7(c8ccc(OC)cc8)c8ccccc8-c8ccccc87)cc6)cc5)cc4)cc3)c3ccccc3-c3ccccc32)cc1. The van der Waals surface area contributed by atoms with Crippen LogP contribution in [0, 0.1) is 0 Å². The van der Waals surface area contributed by atoms with Crippen LogP contribution in [0.3, 0.4) is 0 Å². The lowest BCUT2D eigenvalue weighted by molar-refractivity contribution is 0.414. The average molecular weight is 943 g/mol. The highest BCUT2D eigenvalue weighted by atomic mass is 32.2. The second-order valence-corrected chi connectivity index (χ2v) is 19.8. The van der Waals surface area contributed by atoms with Crippen molar-refractivity contribution in [1.29, 1.82) is 0 Å². The Morgan fingerprint density at radius 1 is 0.282 bits per heavy atom. The van der Waals surface area contributed by atoms with Crippen molar-refractivity contribution in [2.75, 3.05) is 14.2 Å². The highest BCUT2D eigenvalue weighted by molar-refractivity contribution is 7.91. The molecule has 12 rings (SSSR count). The summed E-state index contributed by atoms with van der Waals surface area (Å²) < 4.78 is 51.6. The number of benzene rings is 10. The van der Waals surface area contributed by atoms with Crippen LogP contribution in [0.1, 0.15) is 44.5 Å². The van der Waals surface area contributed by atoms with Gasteiger partial charge < -0.3 is 18.9 Å². The Kier molecular flexibility index (Phi) is 10.7. The number of rotatable bonds is 12. The van der Waals surface area contributed by atoms with Crippen LogP contribution < -0.4 is 18.9 Å². The number of hydrogen-bond acceptors (Lipinski definition) is 6. The molecule has 0 saturated heterocycles. The maximum absolute atomic E-state index is 13.9. The number of ether oxygens (including phenoxy) is 4. The second-order valence-electron chi connectivity index (χ2n) is 17.8. The fraction of sp³-hybridized carbons (Fsp3) is 0.0625. The Hall–Kier alpha value is -8.65. The van der Waals surface area contributed by atoms with Crippen molar-refractivity contribution in [3.05, 3.63) is 287 Å². The van der Waals surface area contributed by atoms with E-state index in [1.165, 1.54) is 44.5 Å². The lowest BCUT2D eigenvalue weighted by Gasteiger charge is -2.34. The molecule has 10 aromatic rings. The Balaban J connectivity index is 0.768. The van der Waals surface area contributed by atoms with Crippen molar-refractivity contribution in [1.82, 2.24) is 0 Å². The van der Waals surface area contributed by atoms with Gasteiger partial charge in [-0.15, -0.1) is 0 Å². The predicted molar refractivity (Wildman–Crippen MR) is 279 cm³/mol. The highest BCUT2D eigenvalue weighted by Crippen LogP contribution is 2.58. The van der Waals surface area contributed by atoms with Gasteiger partial charge in [-0.1, -0.05) is 146 Å². The molecule has 6 nitrogen and oxygen atoms in total. The molecule has 0 fully saturated rings. The van der Waals surface area contributed by atoms with E-state index in [0.29, 0.717) is 23.0 Å². The van der Waals surface area contributed by atoms with Crippen LogP contribution in [0.2, 0.25) is 0 Å². The third kappa shape index (κ3) is 7.03. The summed E-state index contributed by atoms with van der Waals surface area (Å²) in [5.41, 5.74) is 13.0. The maximum Gasteiger partial charge on any atom is 0.206 e. The molecule has 0 unspecified atom stereocenters. The fourth-order valence-corrected chi connectivity index (χ4v) is 12.3. The topological polar surface area (TPSA) is 71.1 Å². The van der Waals surface area contributed by atoms with Crippen LogP contribution in [0.4, 0.5) is 0 Å². The summed E-state index contributed by atoms with van der Waals surface area (Å²) in [4.78, 5) is 0.315. The molecule has 71 heavy (non-hydrogen) atoms. The molecule has 0 bridgehead atoms. The molecule has 0 atom stereocenters. The zero-order valence-electron chi connectivity index (χ0n) is 39.0. The molecule has 0 heterocycles. The van der Waals surface area contributed by atoms with Gasteiger partial charge in [0.25, 0.3) is 0 Å². The van der Waals surface area contributed by atoms with E-state index in [4.69, 9.17) is 18.9 Å². The van der Waals surface area contributed by atoms with Crippen molar-refractivity contribution in [2.24, 2.45) is 0 Å². The zero-order chi connectivity index (χ0) is 48.2. The minimum absolute atomic E-state index is 0.158. The molecule has 0 N–H and O–H groups in total. The first-order valence-electron chi connectivity index (χ1n) is 23.5. The van der Waals surface area contributed by atoms with E-state index in [1.807, 2.05) is 48.5 Å². The quantitative estimate of drug-likeness (QED) is 0.122. The molecular weight excluding hydrogens is 897 g/mol. The van der Waals surface area contributed by atoms with Gasteiger partial charge in [-0.2, -0.15) is 0 Å². The van der Waals surface area contributed by atoms with E-state index >= 15 is 0 Å². The maximum atomic E-state index is 13.9. The van der Waals surface area contributed by atoms with Crippen LogP contribution in [0.15, 0.2) is 252 Å². The Morgan fingerprint density at radius 2 is 0.507 bits per heavy atom. The van der Waals surface area contributed by atoms with Crippen LogP contribution in [-0.2, 0) is 20.7 Å². The summed E-state index contributed by atoms with van der Waals surface area (Å²) in [6, 6.07) is 80.5. The largest absolute Gasteiger partial charge is 0.497 e. The smallest absolute Gasteiger partial charge is 0.206 e. The summed E-state index contributed by atoms with van der Waals surface area (Å²) in [6.45, 7) is 0. The summed E-state index contributed by atoms with van der Waals surface area (Å²) in [6.07, 6.45) is 0. The number of methoxy groups -OCH3 is 2. The molecule has 0 radical (unpaired) electrons. The molecule has 0 aliphatic heterocycles. The molecule has 0 amide bonds. The van der Waals surface area contributed by atoms with Crippen molar-refractivity contribution < 1.29 is 27.4 Å². The molecule has 0 aromatic heterocycles. The number of hydrogen-bond donors (Lipinski definition) is 0. The predicted octanol–water partition coefficient (Wildman–Crippen LogP) is 14.8. The third-order valence-electron chi connectivity index (χ3n) is 14.3. The van der Waals surface area contributed by atoms with Gasteiger partial charge in [0.2, 0.25) is 9.84 Å². The van der Waals surface area contributed by atoms with Gasteiger partial charge in [-0.3, -0.25) is 0 Å². The van der Waals surface area contributed by atoms with Crippen molar-refractivity contribution in [3.63, 3.8) is 0 Å². The standard InChI is InChI=1S/C64H46O6S/c1-67-47-27-19-43(20-28-47)63(59-15-7-3-11-55(59)56-12-4-8-16-60(56)63)45-23-31-49(32-24-45)69-51-35-39-53(40-36-51)71(65,66)54-41-37-52(38-42-54)70-50-33-25-46(26-34-50)64(44-21-29-48(68-2)30-22-44)61-17-9-5-13-57(61)58-14-6-10-18-62(58)64/h3-42H,1-2H3. The number of sulfone groups is 1. The first kappa shape index (κ1) is 43.6. The average Bonchev–Trinajstić information content (AvgIpc) is 3.90. The lowest BCUT2D eigenvalue weighted by atomic mass is 9.68. The van der Waals surface area contributed by atoms with E-state index in [2.05, 4.69) is 146 Å². The first-order chi connectivity index (χ1) is 34.8. The van der Waals surface area contributed by atoms with Crippen LogP contribution in [0.25, 0.3) is 22.3 Å². The van der Waals surface area contributed by atoms with Crippen molar-refractivity contribution in [2.45, 2.75) is 20.6 Å². The summed E-state index contributed by atoms with van der Waals surface area (Å²) >= 11 is 0. The normalized spacial score (nSPS) is 13.5. The van der Waals surface area contributed by atoms with Crippen LogP contribution >= 0.6 is 0 Å². The van der Waals surface area contributed by atoms with E-state index in [-0.39, 0.29) is 9.79 Å². The van der Waals surface area contributed by atoms with Gasteiger partial charge >= 0.3 is 0 Å². The van der Waals surface area contributed by atoms with Gasteiger partial charge in [0.1, 0.15) is 34.5 Å². The molecule has 0 spiro atoms. The molecule has 2 aliphatic carbocycles. The van der Waals surface area contributed by atoms with E-state index < -0.39 is 20.7 Å². The van der Waals surface area contributed by atoms with Crippen molar-refractivity contribution >= 4 is 9.84 Å². The van der Waals surface area contributed by atoms with Gasteiger partial charge in [0, 0.05) is 0 Å². The van der Waals surface area contributed by atoms with Crippen LogP contribution in [-0.4, -0.2) is 22.6 Å². The van der Waals surface area contributed by atoms with Crippen molar-refractivity contribution in [3.8, 4) is 56.8 Å². The molecular formula is C64H46O6S. The minimum Gasteiger partial charge on any atom is -0.497 e. The van der Waals surface area contributed by atoms with E-state index in [9.17, 15) is 8.42 Å². The number of fused-ring (bicyclic) bond motifs is 6. The molecule has 0 saturated carbocycles. The van der Waals surface area contributed by atoms with Gasteiger partial charge in [-0.25, -0.2) is 8.42 Å². The minimum atomic E-state index is -3.85. The zero-order valence-corrected chi connectivity index (χ0v) is 39.8. The Labute approximate surface area is 413 Å². The monoisotopic (exact) mass is 942 g/mol. The van der Waals surface area contributed by atoms with Gasteiger partial charge in [-0.05, 0) is 164 Å². The summed E-state index contributed by atoms with van der Waals surface area (Å²) in [5, 5.41) is 0. The van der Waals surface area contributed by atoms with E-state index in [0.717, 1.165) is 33.8 Å². The van der Waals surface area contributed by atoms with Gasteiger partial charge in [0.15, 0.2) is 0 Å². The van der Waals surface area contributed by atoms with Crippen LogP contribution in [0.5, 0.6) is 34.5 Å². The molecule has 10 aromatic carbocycles. The Bertz CT molecular complexity index is 3360. The van der Waals surface area contributed by atoms with Gasteiger partial charge in [0.05, 0.1) is 34.8 Å². The second kappa shape index (κ2) is 17.4. The molecule has 344 valence electrons. The molecule has 2 aliphatic rings. The fourth-order valence-electron chi connectivity index (χ4n) is 11.1. The summed E-state index contributed by atoms with van der Waals surface area (Å²) in [7, 11) is -0.487.